The SMILES string of the molecule is Cc1ccc(CN(Cc2ccc(C(F)(F)F)o2)Sc2c(C)ccc3cccnc23)cc1. The standard InChI is InChI=1S/C24H21F3N2OS/c1-16-5-8-18(9-6-16)14-29(15-20-11-12-21(30-20)24(25,26)27)31-23-17(2)7-10-19-4-3-13-28-22(19)23/h3-13H,14-15H2,1-2H3. The minimum absolute atomic E-state index is 0.220. The molecule has 3 nitrogen and oxygen atoms in total. The molecule has 0 saturated carbocycles. The summed E-state index contributed by atoms with van der Waals surface area (Å²) in [7, 11) is 0. The molecule has 2 heterocycles. The summed E-state index contributed by atoms with van der Waals surface area (Å²) in [6.45, 7) is 4.78. The molecule has 0 aliphatic rings. The fraction of sp³-hybridized carbons (Fsp3) is 0.208. The zero-order valence-electron chi connectivity index (χ0n) is 17.1. The molecule has 0 radical (unpaired) electrons. The van der Waals surface area contributed by atoms with Crippen molar-refractivity contribution in [2.75, 3.05) is 0 Å². The van der Waals surface area contributed by atoms with Crippen molar-refractivity contribution < 1.29 is 17.6 Å². The van der Waals surface area contributed by atoms with E-state index in [1.165, 1.54) is 18.0 Å². The molecular weight excluding hydrogens is 421 g/mol. The largest absolute Gasteiger partial charge is 0.455 e. The number of alkyl halides is 3. The van der Waals surface area contributed by atoms with Crippen LogP contribution in [-0.2, 0) is 19.3 Å². The molecule has 2 aromatic heterocycles. The molecule has 0 aliphatic carbocycles. The molecule has 0 N–H and O–H groups in total. The van der Waals surface area contributed by atoms with Gasteiger partial charge in [-0.2, -0.15) is 13.2 Å². The Labute approximate surface area is 183 Å². The van der Waals surface area contributed by atoms with Crippen molar-refractivity contribution >= 4 is 22.9 Å². The Morgan fingerprint density at radius 2 is 1.71 bits per heavy atom. The van der Waals surface area contributed by atoms with Gasteiger partial charge in [-0.25, -0.2) is 4.31 Å². The normalized spacial score (nSPS) is 12.1. The first-order chi connectivity index (χ1) is 14.8. The molecule has 2 aromatic carbocycles. The minimum Gasteiger partial charge on any atom is -0.455 e. The predicted molar refractivity (Wildman–Crippen MR) is 116 cm³/mol. The average Bonchev–Trinajstić information content (AvgIpc) is 3.21. The lowest BCUT2D eigenvalue weighted by Gasteiger charge is -2.22. The first-order valence-electron chi connectivity index (χ1n) is 9.78. The number of furan rings is 1. The van der Waals surface area contributed by atoms with Crippen molar-refractivity contribution in [1.82, 2.24) is 9.29 Å². The second-order valence-corrected chi connectivity index (χ2v) is 8.53. The summed E-state index contributed by atoms with van der Waals surface area (Å²) >= 11 is 1.49. The van der Waals surface area contributed by atoms with Gasteiger partial charge in [-0.3, -0.25) is 4.98 Å². The van der Waals surface area contributed by atoms with E-state index in [2.05, 4.69) is 4.98 Å². The number of benzene rings is 2. The Hall–Kier alpha value is -2.77. The summed E-state index contributed by atoms with van der Waals surface area (Å²) in [6.07, 6.45) is -2.75. The molecule has 0 fully saturated rings. The zero-order chi connectivity index (χ0) is 22.0. The highest BCUT2D eigenvalue weighted by molar-refractivity contribution is 7.97. The fourth-order valence-corrected chi connectivity index (χ4v) is 4.40. The second kappa shape index (κ2) is 8.77. The van der Waals surface area contributed by atoms with Crippen molar-refractivity contribution in [3.63, 3.8) is 0 Å². The number of rotatable bonds is 6. The fourth-order valence-electron chi connectivity index (χ4n) is 3.27. The van der Waals surface area contributed by atoms with E-state index in [9.17, 15) is 13.2 Å². The van der Waals surface area contributed by atoms with Crippen molar-refractivity contribution in [1.29, 1.82) is 0 Å². The Morgan fingerprint density at radius 1 is 0.935 bits per heavy atom. The molecule has 0 bridgehead atoms. The molecule has 4 aromatic rings. The van der Waals surface area contributed by atoms with Crippen LogP contribution in [0.25, 0.3) is 10.9 Å². The topological polar surface area (TPSA) is 29.3 Å². The van der Waals surface area contributed by atoms with Gasteiger partial charge in [-0.05, 0) is 55.1 Å². The highest BCUT2D eigenvalue weighted by atomic mass is 32.2. The van der Waals surface area contributed by atoms with Crippen LogP contribution in [0.1, 0.15) is 28.2 Å². The van der Waals surface area contributed by atoms with E-state index in [0.29, 0.717) is 6.54 Å². The van der Waals surface area contributed by atoms with Gasteiger partial charge in [-0.15, -0.1) is 0 Å². The van der Waals surface area contributed by atoms with Crippen LogP contribution in [0.4, 0.5) is 13.2 Å². The number of nitrogens with zero attached hydrogens (tertiary/aromatic N) is 2. The molecule has 0 amide bonds. The van der Waals surface area contributed by atoms with Crippen LogP contribution in [0.5, 0.6) is 0 Å². The Bertz CT molecular complexity index is 1190. The van der Waals surface area contributed by atoms with Crippen LogP contribution >= 0.6 is 11.9 Å². The minimum atomic E-state index is -4.50. The molecule has 4 rings (SSSR count). The average molecular weight is 443 g/mol. The van der Waals surface area contributed by atoms with Crippen LogP contribution in [0.3, 0.4) is 0 Å². The number of hydrogen-bond donors (Lipinski definition) is 0. The monoisotopic (exact) mass is 442 g/mol. The Morgan fingerprint density at radius 3 is 2.42 bits per heavy atom. The lowest BCUT2D eigenvalue weighted by Crippen LogP contribution is -2.15. The van der Waals surface area contributed by atoms with Gasteiger partial charge >= 0.3 is 6.18 Å². The van der Waals surface area contributed by atoms with Crippen molar-refractivity contribution in [3.05, 3.63) is 95.1 Å². The maximum atomic E-state index is 13.0. The number of halogens is 3. The van der Waals surface area contributed by atoms with Gasteiger partial charge in [0.1, 0.15) is 5.76 Å². The van der Waals surface area contributed by atoms with E-state index in [1.54, 1.807) is 6.20 Å². The number of hydrogen-bond acceptors (Lipinski definition) is 4. The molecule has 0 aliphatic heterocycles. The first kappa shape index (κ1) is 21.5. The number of fused-ring (bicyclic) bond motifs is 1. The van der Waals surface area contributed by atoms with Gasteiger partial charge in [0.2, 0.25) is 5.76 Å². The van der Waals surface area contributed by atoms with E-state index in [4.69, 9.17) is 4.42 Å². The summed E-state index contributed by atoms with van der Waals surface area (Å²) in [5.41, 5.74) is 4.14. The van der Waals surface area contributed by atoms with E-state index in [0.717, 1.165) is 38.6 Å². The van der Waals surface area contributed by atoms with E-state index >= 15 is 0 Å². The molecule has 160 valence electrons. The maximum absolute atomic E-state index is 13.0. The molecule has 0 spiro atoms. The van der Waals surface area contributed by atoms with Crippen molar-refractivity contribution in [2.24, 2.45) is 0 Å². The second-order valence-electron chi connectivity index (χ2n) is 7.43. The van der Waals surface area contributed by atoms with Crippen LogP contribution in [0, 0.1) is 13.8 Å². The van der Waals surface area contributed by atoms with Gasteiger partial charge in [0.15, 0.2) is 0 Å². The predicted octanol–water partition coefficient (Wildman–Crippen LogP) is 7.17. The number of aryl methyl sites for hydroxylation is 2. The van der Waals surface area contributed by atoms with Gasteiger partial charge in [0, 0.05) is 18.1 Å². The number of aromatic nitrogens is 1. The summed E-state index contributed by atoms with van der Waals surface area (Å²) in [4.78, 5) is 5.52. The van der Waals surface area contributed by atoms with Crippen LogP contribution in [-0.4, -0.2) is 9.29 Å². The lowest BCUT2D eigenvalue weighted by atomic mass is 10.1. The van der Waals surface area contributed by atoms with E-state index < -0.39 is 11.9 Å². The quantitative estimate of drug-likeness (QED) is 0.296. The Kier molecular flexibility index (Phi) is 6.07. The molecule has 0 atom stereocenters. The zero-order valence-corrected chi connectivity index (χ0v) is 17.9. The van der Waals surface area contributed by atoms with Gasteiger partial charge in [-0.1, -0.05) is 48.0 Å². The Balaban J connectivity index is 1.66. The van der Waals surface area contributed by atoms with Gasteiger partial charge < -0.3 is 4.42 Å². The molecular formula is C24H21F3N2OS. The van der Waals surface area contributed by atoms with Crippen molar-refractivity contribution in [3.8, 4) is 0 Å². The molecule has 0 unspecified atom stereocenters. The summed E-state index contributed by atoms with van der Waals surface area (Å²) in [6, 6.07) is 18.4. The summed E-state index contributed by atoms with van der Waals surface area (Å²) < 4.78 is 46.0. The van der Waals surface area contributed by atoms with Crippen LogP contribution in [0.2, 0.25) is 0 Å². The third-order valence-electron chi connectivity index (χ3n) is 4.90. The summed E-state index contributed by atoms with van der Waals surface area (Å²) in [5, 5.41) is 1.02. The third-order valence-corrected chi connectivity index (χ3v) is 6.11. The van der Waals surface area contributed by atoms with Crippen LogP contribution in [0.15, 0.2) is 76.2 Å². The third kappa shape index (κ3) is 5.11. The highest BCUT2D eigenvalue weighted by Gasteiger charge is 2.35. The van der Waals surface area contributed by atoms with Crippen molar-refractivity contribution in [2.45, 2.75) is 38.0 Å². The molecule has 7 heteroatoms. The lowest BCUT2D eigenvalue weighted by molar-refractivity contribution is -0.153. The highest BCUT2D eigenvalue weighted by Crippen LogP contribution is 2.36. The smallest absolute Gasteiger partial charge is 0.449 e. The van der Waals surface area contributed by atoms with Gasteiger partial charge in [0.25, 0.3) is 0 Å². The van der Waals surface area contributed by atoms with E-state index in [-0.39, 0.29) is 12.3 Å². The van der Waals surface area contributed by atoms with E-state index in [1.807, 2.05) is 66.7 Å². The molecule has 31 heavy (non-hydrogen) atoms. The maximum Gasteiger partial charge on any atom is 0.449 e. The molecule has 0 saturated heterocycles. The number of pyridine rings is 1. The van der Waals surface area contributed by atoms with Gasteiger partial charge in [0.05, 0.1) is 17.0 Å². The summed E-state index contributed by atoms with van der Waals surface area (Å²) in [5.74, 6) is -0.719. The first-order valence-corrected chi connectivity index (χ1v) is 10.6. The van der Waals surface area contributed by atoms with Crippen LogP contribution < -0.4 is 0 Å².